The summed E-state index contributed by atoms with van der Waals surface area (Å²) in [5.41, 5.74) is 7.84. The molecule has 2 heterocycles. The summed E-state index contributed by atoms with van der Waals surface area (Å²) in [5, 5.41) is 0. The Bertz CT molecular complexity index is 431. The van der Waals surface area contributed by atoms with Gasteiger partial charge in [0.15, 0.2) is 0 Å². The lowest BCUT2D eigenvalue weighted by atomic mass is 9.88. The van der Waals surface area contributed by atoms with Crippen LogP contribution in [0, 0.1) is 0 Å². The zero-order chi connectivity index (χ0) is 13.3. The predicted octanol–water partition coefficient (Wildman–Crippen LogP) is 3.34. The Morgan fingerprint density at radius 2 is 2.00 bits per heavy atom. The molecule has 2 nitrogen and oxygen atoms in total. The van der Waals surface area contributed by atoms with E-state index in [0.717, 1.165) is 23.5 Å². The number of rotatable bonds is 3. The number of piperidine rings is 1. The van der Waals surface area contributed by atoms with E-state index in [1.54, 1.807) is 0 Å². The van der Waals surface area contributed by atoms with Crippen LogP contribution in [0.1, 0.15) is 37.7 Å². The maximum absolute atomic E-state index is 6.20. The normalized spacial score (nSPS) is 31.4. The van der Waals surface area contributed by atoms with Crippen LogP contribution in [0.4, 0.5) is 0 Å². The molecular weight excluding hydrogens is 300 g/mol. The predicted molar refractivity (Wildman–Crippen MR) is 83.2 cm³/mol. The van der Waals surface area contributed by atoms with Crippen LogP contribution in [0.25, 0.3) is 0 Å². The summed E-state index contributed by atoms with van der Waals surface area (Å²) in [6.07, 6.45) is 7.84. The van der Waals surface area contributed by atoms with Crippen LogP contribution in [0.2, 0.25) is 0 Å². The summed E-state index contributed by atoms with van der Waals surface area (Å²) in [6, 6.07) is 9.55. The minimum Gasteiger partial charge on any atom is -0.329 e. The number of benzene rings is 1. The van der Waals surface area contributed by atoms with Gasteiger partial charge in [0.05, 0.1) is 0 Å². The van der Waals surface area contributed by atoms with E-state index in [9.17, 15) is 0 Å². The summed E-state index contributed by atoms with van der Waals surface area (Å²) in [6.45, 7) is 2.04. The van der Waals surface area contributed by atoms with Crippen molar-refractivity contribution >= 4 is 15.9 Å². The Balaban J connectivity index is 1.81. The van der Waals surface area contributed by atoms with E-state index in [4.69, 9.17) is 5.73 Å². The monoisotopic (exact) mass is 322 g/mol. The minimum atomic E-state index is 0.221. The first-order valence-electron chi connectivity index (χ1n) is 7.45. The van der Waals surface area contributed by atoms with E-state index in [1.807, 2.05) is 0 Å². The molecule has 0 bridgehead atoms. The molecule has 0 aromatic heterocycles. The third-order valence-electron chi connectivity index (χ3n) is 5.01. The average Bonchev–Trinajstić information content (AvgIpc) is 2.81. The van der Waals surface area contributed by atoms with Crippen molar-refractivity contribution in [2.24, 2.45) is 5.73 Å². The quantitative estimate of drug-likeness (QED) is 0.924. The Kier molecular flexibility index (Phi) is 3.97. The average molecular weight is 323 g/mol. The fraction of sp³-hybridized carbons (Fsp3) is 0.625. The summed E-state index contributed by atoms with van der Waals surface area (Å²) < 4.78 is 1.15. The molecule has 2 unspecified atom stereocenters. The first kappa shape index (κ1) is 13.6. The van der Waals surface area contributed by atoms with Gasteiger partial charge in [0.25, 0.3) is 0 Å². The van der Waals surface area contributed by atoms with E-state index in [0.29, 0.717) is 0 Å². The van der Waals surface area contributed by atoms with Gasteiger partial charge in [0.1, 0.15) is 0 Å². The van der Waals surface area contributed by atoms with Crippen molar-refractivity contribution in [3.05, 3.63) is 34.3 Å². The molecule has 3 rings (SSSR count). The van der Waals surface area contributed by atoms with Crippen molar-refractivity contribution < 1.29 is 0 Å². The Morgan fingerprint density at radius 1 is 1.21 bits per heavy atom. The number of fused-ring (bicyclic) bond motifs is 1. The Labute approximate surface area is 124 Å². The fourth-order valence-corrected chi connectivity index (χ4v) is 4.23. The molecule has 1 aromatic rings. The van der Waals surface area contributed by atoms with Crippen LogP contribution in [-0.4, -0.2) is 29.6 Å². The zero-order valence-corrected chi connectivity index (χ0v) is 13.0. The molecule has 0 radical (unpaired) electrons. The fourth-order valence-electron chi connectivity index (χ4n) is 3.97. The van der Waals surface area contributed by atoms with Crippen LogP contribution in [0.15, 0.2) is 28.7 Å². The third kappa shape index (κ3) is 2.61. The number of nitrogens with two attached hydrogens (primary N) is 1. The first-order valence-corrected chi connectivity index (χ1v) is 8.24. The lowest BCUT2D eigenvalue weighted by Gasteiger charge is -2.43. The molecule has 104 valence electrons. The second-order valence-electron chi connectivity index (χ2n) is 6.11. The maximum atomic E-state index is 6.20. The molecular formula is C16H23BrN2. The van der Waals surface area contributed by atoms with Crippen LogP contribution < -0.4 is 5.73 Å². The number of hydrogen-bond donors (Lipinski definition) is 1. The van der Waals surface area contributed by atoms with E-state index >= 15 is 0 Å². The van der Waals surface area contributed by atoms with Crippen LogP contribution in [-0.2, 0) is 6.42 Å². The van der Waals surface area contributed by atoms with Gasteiger partial charge in [0, 0.05) is 22.6 Å². The van der Waals surface area contributed by atoms with E-state index in [1.165, 1.54) is 44.2 Å². The molecule has 2 aliphatic rings. The van der Waals surface area contributed by atoms with Gasteiger partial charge >= 0.3 is 0 Å². The lowest BCUT2D eigenvalue weighted by molar-refractivity contribution is 0.0768. The van der Waals surface area contributed by atoms with E-state index < -0.39 is 0 Å². The lowest BCUT2D eigenvalue weighted by Crippen LogP contribution is -2.55. The summed E-state index contributed by atoms with van der Waals surface area (Å²) >= 11 is 3.51. The molecule has 2 saturated heterocycles. The van der Waals surface area contributed by atoms with Gasteiger partial charge < -0.3 is 5.73 Å². The first-order chi connectivity index (χ1) is 9.23. The SMILES string of the molecule is NCC1(Cc2ccc(Br)cc2)CCC2CCCCN21. The minimum absolute atomic E-state index is 0.221. The summed E-state index contributed by atoms with van der Waals surface area (Å²) in [5.74, 6) is 0. The van der Waals surface area contributed by atoms with Gasteiger partial charge in [0.2, 0.25) is 0 Å². The number of halogens is 1. The van der Waals surface area contributed by atoms with Gasteiger partial charge in [-0.2, -0.15) is 0 Å². The molecule has 1 aromatic carbocycles. The Morgan fingerprint density at radius 3 is 2.74 bits per heavy atom. The maximum Gasteiger partial charge on any atom is 0.0375 e. The van der Waals surface area contributed by atoms with Crippen molar-refractivity contribution in [3.8, 4) is 0 Å². The van der Waals surface area contributed by atoms with Crippen LogP contribution in [0.3, 0.4) is 0 Å². The molecule has 0 spiro atoms. The smallest absolute Gasteiger partial charge is 0.0375 e. The summed E-state index contributed by atoms with van der Waals surface area (Å²) in [4.78, 5) is 2.73. The van der Waals surface area contributed by atoms with Gasteiger partial charge in [-0.05, 0) is 56.3 Å². The van der Waals surface area contributed by atoms with Crippen molar-refractivity contribution in [3.63, 3.8) is 0 Å². The highest BCUT2D eigenvalue weighted by molar-refractivity contribution is 9.10. The van der Waals surface area contributed by atoms with Gasteiger partial charge in [-0.3, -0.25) is 4.90 Å². The largest absolute Gasteiger partial charge is 0.329 e. The Hall–Kier alpha value is -0.380. The molecule has 3 heteroatoms. The van der Waals surface area contributed by atoms with Gasteiger partial charge in [-0.15, -0.1) is 0 Å². The summed E-state index contributed by atoms with van der Waals surface area (Å²) in [7, 11) is 0. The van der Waals surface area contributed by atoms with Gasteiger partial charge in [-0.1, -0.05) is 34.5 Å². The van der Waals surface area contributed by atoms with Crippen molar-refractivity contribution in [1.29, 1.82) is 0 Å². The second kappa shape index (κ2) is 5.55. The molecule has 2 atom stereocenters. The zero-order valence-electron chi connectivity index (χ0n) is 11.4. The van der Waals surface area contributed by atoms with Crippen molar-refractivity contribution in [2.45, 2.75) is 50.1 Å². The highest BCUT2D eigenvalue weighted by atomic mass is 79.9. The van der Waals surface area contributed by atoms with E-state index in [-0.39, 0.29) is 5.54 Å². The second-order valence-corrected chi connectivity index (χ2v) is 7.03. The highest BCUT2D eigenvalue weighted by Crippen LogP contribution is 2.40. The molecule has 2 aliphatic heterocycles. The highest BCUT2D eigenvalue weighted by Gasteiger charge is 2.45. The molecule has 0 amide bonds. The topological polar surface area (TPSA) is 29.3 Å². The number of nitrogens with zero attached hydrogens (tertiary/aromatic N) is 1. The number of hydrogen-bond acceptors (Lipinski definition) is 2. The van der Waals surface area contributed by atoms with Crippen molar-refractivity contribution in [1.82, 2.24) is 4.90 Å². The van der Waals surface area contributed by atoms with E-state index in [2.05, 4.69) is 45.1 Å². The standard InChI is InChI=1S/C16H23BrN2/c17-14-6-4-13(5-7-14)11-16(12-18)9-8-15-3-1-2-10-19(15)16/h4-7,15H,1-3,8-12,18H2. The molecule has 0 saturated carbocycles. The van der Waals surface area contributed by atoms with Crippen LogP contribution >= 0.6 is 15.9 Å². The van der Waals surface area contributed by atoms with Crippen LogP contribution in [0.5, 0.6) is 0 Å². The molecule has 2 fully saturated rings. The van der Waals surface area contributed by atoms with Crippen molar-refractivity contribution in [2.75, 3.05) is 13.1 Å². The molecule has 19 heavy (non-hydrogen) atoms. The molecule has 0 aliphatic carbocycles. The van der Waals surface area contributed by atoms with Gasteiger partial charge in [-0.25, -0.2) is 0 Å². The molecule has 2 N–H and O–H groups in total. The third-order valence-corrected chi connectivity index (χ3v) is 5.53.